The third kappa shape index (κ3) is 5.49. The number of halogens is 3. The van der Waals surface area contributed by atoms with Crippen molar-refractivity contribution >= 4 is 71.1 Å². The summed E-state index contributed by atoms with van der Waals surface area (Å²) in [6.07, 6.45) is 7.46. The minimum Gasteiger partial charge on any atom is -0.369 e. The Morgan fingerprint density at radius 1 is 1.10 bits per heavy atom. The standard InChI is InChI=1S/C19H27N7O.3ClH/c1-21-19-23-14-9-13-15(24-18(20)26-17(13)27)12(16(14)25-19)7-8-22-10-11-5-3-2-4-6-11;;;/h9,11,22H,2-8,10H2,1H3,(H2,21,23,25)(H3,20,24,26,27);3*1H. The number of aromatic nitrogens is 4. The SMILES string of the molecule is CNc1nc2c(CCNCC3CCCCC3)c3nc(N)[nH]c(=O)c3cc2[nH]1.Cl.Cl.Cl. The lowest BCUT2D eigenvalue weighted by Gasteiger charge is -2.21. The predicted molar refractivity (Wildman–Crippen MR) is 131 cm³/mol. The molecule has 0 saturated heterocycles. The summed E-state index contributed by atoms with van der Waals surface area (Å²) in [6, 6.07) is 1.79. The van der Waals surface area contributed by atoms with Crippen LogP contribution in [0.25, 0.3) is 21.9 Å². The average Bonchev–Trinajstić information content (AvgIpc) is 3.09. The lowest BCUT2D eigenvalue weighted by Crippen LogP contribution is -2.26. The van der Waals surface area contributed by atoms with Gasteiger partial charge >= 0.3 is 0 Å². The number of imidazole rings is 1. The molecule has 6 N–H and O–H groups in total. The third-order valence-corrected chi connectivity index (χ3v) is 5.51. The molecule has 1 aliphatic rings. The van der Waals surface area contributed by atoms with E-state index < -0.39 is 0 Å². The molecule has 0 atom stereocenters. The van der Waals surface area contributed by atoms with Gasteiger partial charge in [0.25, 0.3) is 5.56 Å². The van der Waals surface area contributed by atoms with Crippen LogP contribution in [0.15, 0.2) is 10.9 Å². The Labute approximate surface area is 193 Å². The number of anilines is 2. The predicted octanol–water partition coefficient (Wildman–Crippen LogP) is 3.40. The Balaban J connectivity index is 0.00000150. The number of H-pyrrole nitrogens is 2. The fourth-order valence-electron chi connectivity index (χ4n) is 4.11. The van der Waals surface area contributed by atoms with Crippen molar-refractivity contribution in [3.8, 4) is 0 Å². The van der Waals surface area contributed by atoms with Gasteiger partial charge in [-0.15, -0.1) is 37.2 Å². The van der Waals surface area contributed by atoms with Crippen LogP contribution in [0.4, 0.5) is 11.9 Å². The van der Waals surface area contributed by atoms with Gasteiger partial charge in [0.15, 0.2) is 0 Å². The van der Waals surface area contributed by atoms with Crippen molar-refractivity contribution in [3.05, 3.63) is 22.0 Å². The van der Waals surface area contributed by atoms with Gasteiger partial charge in [-0.1, -0.05) is 19.3 Å². The molecule has 2 heterocycles. The van der Waals surface area contributed by atoms with Crippen molar-refractivity contribution in [1.29, 1.82) is 0 Å². The normalized spacial score (nSPS) is 14.0. The molecule has 1 aromatic carbocycles. The van der Waals surface area contributed by atoms with E-state index in [4.69, 9.17) is 5.73 Å². The van der Waals surface area contributed by atoms with Crippen LogP contribution in [0.5, 0.6) is 0 Å². The Morgan fingerprint density at radius 2 is 1.83 bits per heavy atom. The van der Waals surface area contributed by atoms with E-state index in [1.165, 1.54) is 32.1 Å². The van der Waals surface area contributed by atoms with Crippen molar-refractivity contribution in [3.63, 3.8) is 0 Å². The second kappa shape index (κ2) is 11.6. The molecular formula is C19H30Cl3N7O. The molecule has 0 amide bonds. The first kappa shape index (κ1) is 26.3. The minimum atomic E-state index is -0.226. The summed E-state index contributed by atoms with van der Waals surface area (Å²) >= 11 is 0. The summed E-state index contributed by atoms with van der Waals surface area (Å²) in [5.41, 5.74) is 8.82. The number of nitrogens with two attached hydrogens (primary N) is 1. The Kier molecular flexibility index (Phi) is 10.2. The van der Waals surface area contributed by atoms with Crippen LogP contribution in [0.2, 0.25) is 0 Å². The van der Waals surface area contributed by atoms with Gasteiger partial charge in [-0.3, -0.25) is 9.78 Å². The smallest absolute Gasteiger partial charge is 0.260 e. The molecule has 1 saturated carbocycles. The van der Waals surface area contributed by atoms with Gasteiger partial charge in [-0.2, -0.15) is 0 Å². The van der Waals surface area contributed by atoms with E-state index in [1.54, 1.807) is 6.07 Å². The Morgan fingerprint density at radius 3 is 2.53 bits per heavy atom. The zero-order valence-electron chi connectivity index (χ0n) is 16.9. The van der Waals surface area contributed by atoms with Crippen LogP contribution in [-0.4, -0.2) is 40.1 Å². The van der Waals surface area contributed by atoms with Gasteiger partial charge in [0.2, 0.25) is 11.9 Å². The highest BCUT2D eigenvalue weighted by atomic mass is 35.5. The number of hydrogen-bond donors (Lipinski definition) is 5. The van der Waals surface area contributed by atoms with Crippen molar-refractivity contribution in [2.24, 2.45) is 5.92 Å². The Hall–Kier alpha value is -1.74. The first-order valence-corrected chi connectivity index (χ1v) is 9.75. The molecule has 3 aromatic rings. The lowest BCUT2D eigenvalue weighted by molar-refractivity contribution is 0.343. The first-order chi connectivity index (χ1) is 13.2. The summed E-state index contributed by atoms with van der Waals surface area (Å²) < 4.78 is 0. The zero-order chi connectivity index (χ0) is 18.8. The highest BCUT2D eigenvalue weighted by Gasteiger charge is 2.16. The molecule has 30 heavy (non-hydrogen) atoms. The molecule has 11 heteroatoms. The van der Waals surface area contributed by atoms with E-state index >= 15 is 0 Å². The highest BCUT2D eigenvalue weighted by Crippen LogP contribution is 2.26. The molecule has 1 fully saturated rings. The van der Waals surface area contributed by atoms with E-state index in [1.807, 2.05) is 7.05 Å². The maximum atomic E-state index is 12.4. The van der Waals surface area contributed by atoms with E-state index in [0.717, 1.165) is 42.0 Å². The quantitative estimate of drug-likeness (QED) is 0.346. The maximum absolute atomic E-state index is 12.4. The van der Waals surface area contributed by atoms with E-state index in [-0.39, 0.29) is 48.7 Å². The summed E-state index contributed by atoms with van der Waals surface area (Å²) in [5, 5.41) is 7.14. The highest BCUT2D eigenvalue weighted by molar-refractivity contribution is 5.98. The van der Waals surface area contributed by atoms with Gasteiger partial charge in [0.1, 0.15) is 0 Å². The van der Waals surface area contributed by atoms with Crippen LogP contribution in [0, 0.1) is 5.92 Å². The van der Waals surface area contributed by atoms with Gasteiger partial charge in [-0.05, 0) is 44.3 Å². The Bertz CT molecular complexity index is 1010. The number of hydrogen-bond acceptors (Lipinski definition) is 6. The van der Waals surface area contributed by atoms with Crippen LogP contribution < -0.4 is 21.9 Å². The largest absolute Gasteiger partial charge is 0.369 e. The molecule has 4 rings (SSSR count). The molecule has 0 bridgehead atoms. The lowest BCUT2D eigenvalue weighted by atomic mass is 9.89. The van der Waals surface area contributed by atoms with E-state index in [0.29, 0.717) is 16.9 Å². The number of nitrogens with one attached hydrogen (secondary N) is 4. The number of rotatable bonds is 6. The number of nitrogen functional groups attached to an aromatic ring is 1. The molecule has 168 valence electrons. The van der Waals surface area contributed by atoms with Crippen molar-refractivity contribution in [2.75, 3.05) is 31.2 Å². The van der Waals surface area contributed by atoms with Gasteiger partial charge in [0, 0.05) is 12.6 Å². The third-order valence-electron chi connectivity index (χ3n) is 5.51. The maximum Gasteiger partial charge on any atom is 0.260 e. The van der Waals surface area contributed by atoms with Gasteiger partial charge in [-0.25, -0.2) is 9.97 Å². The van der Waals surface area contributed by atoms with Crippen molar-refractivity contribution < 1.29 is 0 Å². The van der Waals surface area contributed by atoms with E-state index in [9.17, 15) is 4.79 Å². The molecule has 0 aliphatic heterocycles. The summed E-state index contributed by atoms with van der Waals surface area (Å²) in [5.74, 6) is 1.58. The minimum absolute atomic E-state index is 0. The van der Waals surface area contributed by atoms with Crippen molar-refractivity contribution in [1.82, 2.24) is 25.3 Å². The molecule has 8 nitrogen and oxygen atoms in total. The topological polar surface area (TPSA) is 125 Å². The van der Waals surface area contributed by atoms with Crippen LogP contribution in [-0.2, 0) is 6.42 Å². The molecular weight excluding hydrogens is 449 g/mol. The second-order valence-electron chi connectivity index (χ2n) is 7.39. The molecule has 0 spiro atoms. The number of aromatic amines is 2. The monoisotopic (exact) mass is 477 g/mol. The first-order valence-electron chi connectivity index (χ1n) is 9.75. The fourth-order valence-corrected chi connectivity index (χ4v) is 4.11. The summed E-state index contributed by atoms with van der Waals surface area (Å²) in [6.45, 7) is 1.87. The summed E-state index contributed by atoms with van der Waals surface area (Å²) in [7, 11) is 1.81. The number of benzene rings is 1. The molecule has 1 aliphatic carbocycles. The van der Waals surface area contributed by atoms with Crippen LogP contribution in [0.3, 0.4) is 0 Å². The molecule has 0 unspecified atom stereocenters. The average molecular weight is 479 g/mol. The van der Waals surface area contributed by atoms with Gasteiger partial charge < -0.3 is 21.4 Å². The van der Waals surface area contributed by atoms with Crippen LogP contribution in [0.1, 0.15) is 37.7 Å². The molecule has 0 radical (unpaired) electrons. The number of nitrogens with zero attached hydrogens (tertiary/aromatic N) is 2. The van der Waals surface area contributed by atoms with Crippen LogP contribution >= 0.6 is 37.2 Å². The fraction of sp³-hybridized carbons (Fsp3) is 0.526. The number of fused-ring (bicyclic) bond motifs is 2. The second-order valence-corrected chi connectivity index (χ2v) is 7.39. The summed E-state index contributed by atoms with van der Waals surface area (Å²) in [4.78, 5) is 27.2. The van der Waals surface area contributed by atoms with E-state index in [2.05, 4.69) is 30.6 Å². The zero-order valence-corrected chi connectivity index (χ0v) is 19.4. The molecule has 2 aromatic heterocycles. The van der Waals surface area contributed by atoms with Crippen molar-refractivity contribution in [2.45, 2.75) is 38.5 Å². The van der Waals surface area contributed by atoms with Gasteiger partial charge in [0.05, 0.1) is 21.9 Å².